The Bertz CT molecular complexity index is 1540. The van der Waals surface area contributed by atoms with Crippen LogP contribution in [0.2, 0.25) is 0 Å². The molecule has 0 unspecified atom stereocenters. The number of rotatable bonds is 12. The first-order chi connectivity index (χ1) is 19.1. The highest BCUT2D eigenvalue weighted by Crippen LogP contribution is 2.36. The molecule has 1 N–H and O–H groups in total. The molecule has 0 amide bonds. The molecule has 0 spiro atoms. The van der Waals surface area contributed by atoms with Gasteiger partial charge in [-0.05, 0) is 56.6 Å². The van der Waals surface area contributed by atoms with E-state index in [1.54, 1.807) is 25.3 Å². The molecule has 5 rings (SSSR count). The van der Waals surface area contributed by atoms with Gasteiger partial charge in [0.1, 0.15) is 23.7 Å². The number of aromatic nitrogens is 1. The Labute approximate surface area is 225 Å². The number of hydrogen-bond acceptors (Lipinski definition) is 9. The number of nitrogens with one attached hydrogen (secondary N) is 1. The maximum absolute atomic E-state index is 11.6. The summed E-state index contributed by atoms with van der Waals surface area (Å²) in [6.07, 6.45) is 3.67. The average molecular weight is 531 g/mol. The Morgan fingerprint density at radius 2 is 1.90 bits per heavy atom. The number of furan rings is 2. The van der Waals surface area contributed by atoms with Gasteiger partial charge in [0.05, 0.1) is 18.6 Å². The Hall–Kier alpha value is -4.50. The SMILES string of the molecule is CCOC(=O)Oc1cc2cccc(OCc3oc4cccc(OCCCNCc5cccnc5)c4c3C)c2o1. The largest absolute Gasteiger partial charge is 0.516 e. The van der Waals surface area contributed by atoms with E-state index in [0.29, 0.717) is 23.7 Å². The van der Waals surface area contributed by atoms with Crippen LogP contribution in [0.3, 0.4) is 0 Å². The predicted octanol–water partition coefficient (Wildman–Crippen LogP) is 6.56. The molecule has 0 atom stereocenters. The van der Waals surface area contributed by atoms with Crippen molar-refractivity contribution in [2.24, 2.45) is 0 Å². The van der Waals surface area contributed by atoms with Gasteiger partial charge in [-0.15, -0.1) is 0 Å². The third kappa shape index (κ3) is 6.32. The molecule has 9 heteroatoms. The summed E-state index contributed by atoms with van der Waals surface area (Å²) < 4.78 is 33.9. The number of benzene rings is 2. The van der Waals surface area contributed by atoms with Gasteiger partial charge in [-0.2, -0.15) is 0 Å². The summed E-state index contributed by atoms with van der Waals surface area (Å²) in [5.41, 5.74) is 3.31. The zero-order chi connectivity index (χ0) is 27.0. The number of pyridine rings is 1. The fourth-order valence-electron chi connectivity index (χ4n) is 4.24. The molecule has 5 aromatic rings. The molecule has 0 saturated carbocycles. The minimum atomic E-state index is -0.823. The van der Waals surface area contributed by atoms with Crippen LogP contribution >= 0.6 is 0 Å². The number of aryl methyl sites for hydroxylation is 1. The van der Waals surface area contributed by atoms with Gasteiger partial charge in [0.2, 0.25) is 0 Å². The van der Waals surface area contributed by atoms with Crippen LogP contribution in [0.15, 0.2) is 75.8 Å². The Morgan fingerprint density at radius 3 is 2.74 bits per heavy atom. The molecule has 0 aliphatic rings. The number of fused-ring (bicyclic) bond motifs is 2. The summed E-state index contributed by atoms with van der Waals surface area (Å²) in [5, 5.41) is 5.07. The molecule has 0 aliphatic heterocycles. The van der Waals surface area contributed by atoms with Crippen molar-refractivity contribution in [2.45, 2.75) is 33.4 Å². The van der Waals surface area contributed by atoms with Crippen molar-refractivity contribution in [3.63, 3.8) is 0 Å². The van der Waals surface area contributed by atoms with Crippen LogP contribution in [0.25, 0.3) is 21.9 Å². The summed E-state index contributed by atoms with van der Waals surface area (Å²) >= 11 is 0. The molecular formula is C30H30N2O7. The molecule has 0 fully saturated rings. The molecule has 3 aromatic heterocycles. The van der Waals surface area contributed by atoms with E-state index in [0.717, 1.165) is 52.7 Å². The highest BCUT2D eigenvalue weighted by molar-refractivity contribution is 5.88. The second kappa shape index (κ2) is 12.4. The van der Waals surface area contributed by atoms with Crippen LogP contribution in [0.4, 0.5) is 4.79 Å². The number of para-hydroxylation sites is 1. The molecule has 0 radical (unpaired) electrons. The van der Waals surface area contributed by atoms with Crippen molar-refractivity contribution in [1.82, 2.24) is 10.3 Å². The number of carbonyl (C=O) groups is 1. The summed E-state index contributed by atoms with van der Waals surface area (Å²) in [6.45, 7) is 6.27. The second-order valence-electron chi connectivity index (χ2n) is 8.83. The molecule has 2 aromatic carbocycles. The van der Waals surface area contributed by atoms with E-state index in [1.165, 1.54) is 0 Å². The normalized spacial score (nSPS) is 11.1. The van der Waals surface area contributed by atoms with Crippen LogP contribution in [-0.2, 0) is 17.9 Å². The Balaban J connectivity index is 1.21. The fourth-order valence-corrected chi connectivity index (χ4v) is 4.24. The molecule has 0 saturated heterocycles. The van der Waals surface area contributed by atoms with Gasteiger partial charge in [0.15, 0.2) is 11.3 Å². The highest BCUT2D eigenvalue weighted by atomic mass is 16.8. The van der Waals surface area contributed by atoms with Crippen LogP contribution in [0, 0.1) is 6.92 Å². The Kier molecular flexibility index (Phi) is 8.28. The number of ether oxygens (including phenoxy) is 4. The smallest absolute Gasteiger partial charge is 0.493 e. The van der Waals surface area contributed by atoms with Crippen LogP contribution in [-0.4, -0.2) is 30.9 Å². The van der Waals surface area contributed by atoms with Crippen LogP contribution < -0.4 is 19.5 Å². The lowest BCUT2D eigenvalue weighted by molar-refractivity contribution is 0.0956. The van der Waals surface area contributed by atoms with Gasteiger partial charge in [0, 0.05) is 36.0 Å². The molecular weight excluding hydrogens is 500 g/mol. The van der Waals surface area contributed by atoms with E-state index >= 15 is 0 Å². The second-order valence-corrected chi connectivity index (χ2v) is 8.83. The van der Waals surface area contributed by atoms with E-state index in [-0.39, 0.29) is 19.2 Å². The lowest BCUT2D eigenvalue weighted by atomic mass is 10.1. The first-order valence-corrected chi connectivity index (χ1v) is 12.9. The third-order valence-corrected chi connectivity index (χ3v) is 6.11. The molecule has 9 nitrogen and oxygen atoms in total. The van der Waals surface area contributed by atoms with E-state index in [4.69, 9.17) is 27.8 Å². The molecule has 0 bridgehead atoms. The van der Waals surface area contributed by atoms with Gasteiger partial charge in [-0.3, -0.25) is 4.98 Å². The van der Waals surface area contributed by atoms with Crippen molar-refractivity contribution < 1.29 is 32.6 Å². The fraction of sp³-hybridized carbons (Fsp3) is 0.267. The maximum atomic E-state index is 11.6. The van der Waals surface area contributed by atoms with Gasteiger partial charge in [0.25, 0.3) is 5.95 Å². The monoisotopic (exact) mass is 530 g/mol. The van der Waals surface area contributed by atoms with Crippen molar-refractivity contribution >= 4 is 28.1 Å². The van der Waals surface area contributed by atoms with Crippen molar-refractivity contribution in [2.75, 3.05) is 19.8 Å². The summed E-state index contributed by atoms with van der Waals surface area (Å²) in [5.74, 6) is 2.00. The van der Waals surface area contributed by atoms with Crippen molar-refractivity contribution in [3.8, 4) is 17.4 Å². The Morgan fingerprint density at radius 1 is 1.03 bits per heavy atom. The van der Waals surface area contributed by atoms with Gasteiger partial charge >= 0.3 is 6.16 Å². The van der Waals surface area contributed by atoms with Gasteiger partial charge < -0.3 is 33.1 Å². The summed E-state index contributed by atoms with van der Waals surface area (Å²) in [4.78, 5) is 15.8. The number of hydrogen-bond donors (Lipinski definition) is 1. The zero-order valence-corrected chi connectivity index (χ0v) is 21.9. The predicted molar refractivity (Wildman–Crippen MR) is 145 cm³/mol. The third-order valence-electron chi connectivity index (χ3n) is 6.11. The summed E-state index contributed by atoms with van der Waals surface area (Å²) in [7, 11) is 0. The van der Waals surface area contributed by atoms with Gasteiger partial charge in [-0.25, -0.2) is 4.79 Å². The lowest BCUT2D eigenvalue weighted by Crippen LogP contribution is -2.17. The van der Waals surface area contributed by atoms with E-state index < -0.39 is 6.16 Å². The van der Waals surface area contributed by atoms with Crippen LogP contribution in [0.1, 0.15) is 30.2 Å². The van der Waals surface area contributed by atoms with E-state index in [9.17, 15) is 4.79 Å². The van der Waals surface area contributed by atoms with E-state index in [1.807, 2.05) is 55.6 Å². The standard InChI is InChI=1S/C30H30N2O7/c1-3-34-30(33)39-27-16-22-9-4-12-25(29(22)38-27)36-19-26-20(2)28-23(10-5-11-24(28)37-26)35-15-7-14-32-18-21-8-6-13-31-17-21/h4-6,8-13,16-17,32H,3,7,14-15,18-19H2,1-2H3. The maximum Gasteiger partial charge on any atom is 0.516 e. The molecule has 0 aliphatic carbocycles. The topological polar surface area (TPSA) is 105 Å². The number of carbonyl (C=O) groups excluding carboxylic acids is 1. The first-order valence-electron chi connectivity index (χ1n) is 12.9. The molecule has 3 heterocycles. The molecule has 39 heavy (non-hydrogen) atoms. The minimum Gasteiger partial charge on any atom is -0.493 e. The lowest BCUT2D eigenvalue weighted by Gasteiger charge is -2.09. The average Bonchev–Trinajstić information content (AvgIpc) is 3.50. The van der Waals surface area contributed by atoms with Crippen molar-refractivity contribution in [3.05, 3.63) is 83.9 Å². The molecule has 202 valence electrons. The zero-order valence-electron chi connectivity index (χ0n) is 21.9. The first kappa shape index (κ1) is 26.1. The summed E-state index contributed by atoms with van der Waals surface area (Å²) in [6, 6.07) is 16.8. The number of nitrogens with zero attached hydrogens (tertiary/aromatic N) is 1. The highest BCUT2D eigenvalue weighted by Gasteiger charge is 2.18. The van der Waals surface area contributed by atoms with E-state index in [2.05, 4.69) is 10.3 Å². The quantitative estimate of drug-likeness (QED) is 0.142. The van der Waals surface area contributed by atoms with Crippen LogP contribution in [0.5, 0.6) is 17.4 Å². The van der Waals surface area contributed by atoms with Gasteiger partial charge in [-0.1, -0.05) is 24.3 Å². The minimum absolute atomic E-state index is 0.0356. The van der Waals surface area contributed by atoms with Crippen molar-refractivity contribution in [1.29, 1.82) is 0 Å².